The van der Waals surface area contributed by atoms with Gasteiger partial charge in [-0.25, -0.2) is 9.50 Å². The monoisotopic (exact) mass is 341 g/mol. The molecule has 2 aromatic heterocycles. The highest BCUT2D eigenvalue weighted by molar-refractivity contribution is 5.76. The zero-order valence-corrected chi connectivity index (χ0v) is 15.8. The number of aryl methyl sites for hydroxylation is 2. The Balaban J connectivity index is 2.03. The lowest BCUT2D eigenvalue weighted by Gasteiger charge is -2.16. The average molecular weight is 341 g/mol. The average Bonchev–Trinajstić information content (AvgIpc) is 2.95. The van der Waals surface area contributed by atoms with E-state index in [1.165, 1.54) is 6.20 Å². The van der Waals surface area contributed by atoms with Crippen molar-refractivity contribution >= 4 is 11.6 Å². The van der Waals surface area contributed by atoms with Gasteiger partial charge in [0.15, 0.2) is 5.65 Å². The van der Waals surface area contributed by atoms with Crippen molar-refractivity contribution in [3.8, 4) is 6.07 Å². The minimum absolute atomic E-state index is 0.0633. The number of carbonyl (C=O) groups excluding carboxylic acids is 1. The van der Waals surface area contributed by atoms with Gasteiger partial charge in [-0.05, 0) is 51.5 Å². The summed E-state index contributed by atoms with van der Waals surface area (Å²) in [6.07, 6.45) is 4.68. The molecule has 2 rings (SSSR count). The van der Waals surface area contributed by atoms with Crippen LogP contribution in [-0.2, 0) is 11.2 Å². The van der Waals surface area contributed by atoms with Gasteiger partial charge in [0, 0.05) is 23.9 Å². The Labute approximate surface area is 149 Å². The molecule has 6 nitrogen and oxygen atoms in total. The molecule has 0 bridgehead atoms. The van der Waals surface area contributed by atoms with Crippen molar-refractivity contribution in [2.24, 2.45) is 5.92 Å². The van der Waals surface area contributed by atoms with Crippen molar-refractivity contribution in [3.63, 3.8) is 0 Å². The van der Waals surface area contributed by atoms with Crippen molar-refractivity contribution in [2.45, 2.75) is 66.3 Å². The number of nitriles is 1. The number of rotatable bonds is 7. The van der Waals surface area contributed by atoms with Crippen molar-refractivity contribution in [3.05, 3.63) is 28.7 Å². The van der Waals surface area contributed by atoms with Gasteiger partial charge in [0.2, 0.25) is 5.91 Å². The highest BCUT2D eigenvalue weighted by Crippen LogP contribution is 2.18. The van der Waals surface area contributed by atoms with Crippen molar-refractivity contribution in [1.29, 1.82) is 5.26 Å². The largest absolute Gasteiger partial charge is 0.354 e. The van der Waals surface area contributed by atoms with Crippen LogP contribution in [0.5, 0.6) is 0 Å². The third-order valence-corrected chi connectivity index (χ3v) is 4.52. The Morgan fingerprint density at radius 2 is 2.04 bits per heavy atom. The number of hydrogen-bond donors (Lipinski definition) is 1. The molecule has 0 radical (unpaired) electrons. The fourth-order valence-electron chi connectivity index (χ4n) is 2.99. The molecule has 0 saturated heterocycles. The molecule has 0 saturated carbocycles. The number of nitrogens with one attached hydrogen (secondary N) is 1. The predicted molar refractivity (Wildman–Crippen MR) is 97.2 cm³/mol. The van der Waals surface area contributed by atoms with Gasteiger partial charge in [-0.2, -0.15) is 10.4 Å². The Morgan fingerprint density at radius 1 is 1.32 bits per heavy atom. The molecule has 0 aromatic carbocycles. The molecule has 0 spiro atoms. The molecule has 25 heavy (non-hydrogen) atoms. The van der Waals surface area contributed by atoms with Gasteiger partial charge in [0.25, 0.3) is 0 Å². The fraction of sp³-hybridized carbons (Fsp3) is 0.579. The van der Waals surface area contributed by atoms with Gasteiger partial charge < -0.3 is 5.32 Å². The zero-order chi connectivity index (χ0) is 18.6. The number of amides is 1. The van der Waals surface area contributed by atoms with Crippen LogP contribution in [0.1, 0.15) is 62.5 Å². The van der Waals surface area contributed by atoms with Crippen LogP contribution >= 0.6 is 0 Å². The van der Waals surface area contributed by atoms with E-state index in [1.807, 2.05) is 13.8 Å². The van der Waals surface area contributed by atoms with Crippen LogP contribution in [0.15, 0.2) is 6.20 Å². The molecular weight excluding hydrogens is 314 g/mol. The summed E-state index contributed by atoms with van der Waals surface area (Å²) in [6.45, 7) is 10.3. The zero-order valence-electron chi connectivity index (χ0n) is 15.8. The molecule has 1 unspecified atom stereocenters. The van der Waals surface area contributed by atoms with Gasteiger partial charge in [-0.15, -0.1) is 0 Å². The van der Waals surface area contributed by atoms with Gasteiger partial charge in [0.1, 0.15) is 11.6 Å². The Hall–Kier alpha value is -2.42. The maximum atomic E-state index is 12.2. The maximum Gasteiger partial charge on any atom is 0.220 e. The fourth-order valence-corrected chi connectivity index (χ4v) is 2.99. The van der Waals surface area contributed by atoms with Crippen LogP contribution in [-0.4, -0.2) is 26.5 Å². The standard InChI is InChI=1S/C19H27N5O/c1-12(2)6-7-13(3)22-18(25)9-8-17-14(4)23-19-16(10-20)11-21-24(19)15(17)5/h11-13H,6-9H2,1-5H3,(H,22,25). The molecule has 1 amide bonds. The second-order valence-electron chi connectivity index (χ2n) is 7.11. The number of aromatic nitrogens is 3. The Bertz CT molecular complexity index is 800. The number of hydrogen-bond acceptors (Lipinski definition) is 4. The first-order chi connectivity index (χ1) is 11.8. The molecule has 0 fully saturated rings. The molecule has 6 heteroatoms. The summed E-state index contributed by atoms with van der Waals surface area (Å²) >= 11 is 0. The topological polar surface area (TPSA) is 83.1 Å². The molecule has 0 aliphatic rings. The summed E-state index contributed by atoms with van der Waals surface area (Å²) in [5.74, 6) is 0.711. The Morgan fingerprint density at radius 3 is 2.68 bits per heavy atom. The predicted octanol–water partition coefficient (Wildman–Crippen LogP) is 3.09. The lowest BCUT2D eigenvalue weighted by molar-refractivity contribution is -0.121. The molecule has 1 N–H and O–H groups in total. The van der Waals surface area contributed by atoms with E-state index in [0.717, 1.165) is 29.8 Å². The van der Waals surface area contributed by atoms with E-state index in [9.17, 15) is 4.79 Å². The van der Waals surface area contributed by atoms with E-state index in [0.29, 0.717) is 30.0 Å². The van der Waals surface area contributed by atoms with Crippen LogP contribution < -0.4 is 5.32 Å². The van der Waals surface area contributed by atoms with Crippen LogP contribution in [0, 0.1) is 31.1 Å². The van der Waals surface area contributed by atoms with Crippen LogP contribution in [0.4, 0.5) is 0 Å². The minimum atomic E-state index is 0.0633. The van der Waals surface area contributed by atoms with Gasteiger partial charge in [-0.3, -0.25) is 4.79 Å². The van der Waals surface area contributed by atoms with Crippen molar-refractivity contribution in [1.82, 2.24) is 19.9 Å². The first-order valence-corrected chi connectivity index (χ1v) is 8.86. The second-order valence-corrected chi connectivity index (χ2v) is 7.11. The first-order valence-electron chi connectivity index (χ1n) is 8.86. The number of nitrogens with zero attached hydrogens (tertiary/aromatic N) is 4. The van der Waals surface area contributed by atoms with Crippen LogP contribution in [0.3, 0.4) is 0 Å². The van der Waals surface area contributed by atoms with Crippen LogP contribution in [0.2, 0.25) is 0 Å². The van der Waals surface area contributed by atoms with E-state index in [-0.39, 0.29) is 11.9 Å². The van der Waals surface area contributed by atoms with E-state index in [2.05, 4.69) is 42.2 Å². The molecule has 2 aromatic rings. The van der Waals surface area contributed by atoms with Gasteiger partial charge >= 0.3 is 0 Å². The number of fused-ring (bicyclic) bond motifs is 1. The smallest absolute Gasteiger partial charge is 0.220 e. The van der Waals surface area contributed by atoms with E-state index < -0.39 is 0 Å². The molecular formula is C19H27N5O. The number of carbonyl (C=O) groups is 1. The van der Waals surface area contributed by atoms with Gasteiger partial charge in [-0.1, -0.05) is 13.8 Å². The molecule has 0 aliphatic heterocycles. The van der Waals surface area contributed by atoms with E-state index >= 15 is 0 Å². The first kappa shape index (κ1) is 18.9. The highest BCUT2D eigenvalue weighted by Gasteiger charge is 2.15. The summed E-state index contributed by atoms with van der Waals surface area (Å²) in [5.41, 5.74) is 3.85. The van der Waals surface area contributed by atoms with Gasteiger partial charge in [0.05, 0.1) is 6.20 Å². The van der Waals surface area contributed by atoms with Crippen molar-refractivity contribution < 1.29 is 4.79 Å². The maximum absolute atomic E-state index is 12.2. The molecule has 2 heterocycles. The molecule has 134 valence electrons. The quantitative estimate of drug-likeness (QED) is 0.839. The normalized spacial score (nSPS) is 12.4. The summed E-state index contributed by atoms with van der Waals surface area (Å²) in [4.78, 5) is 16.7. The third kappa shape index (κ3) is 4.56. The Kier molecular flexibility index (Phi) is 6.13. The lowest BCUT2D eigenvalue weighted by Crippen LogP contribution is -2.33. The summed E-state index contributed by atoms with van der Waals surface area (Å²) in [5, 5.41) is 16.4. The van der Waals surface area contributed by atoms with E-state index in [1.54, 1.807) is 4.52 Å². The van der Waals surface area contributed by atoms with E-state index in [4.69, 9.17) is 5.26 Å². The SMILES string of the molecule is Cc1nc2c(C#N)cnn2c(C)c1CCC(=O)NC(C)CCC(C)C. The van der Waals surface area contributed by atoms with Crippen molar-refractivity contribution in [2.75, 3.05) is 0 Å². The summed E-state index contributed by atoms with van der Waals surface area (Å²) < 4.78 is 1.68. The van der Waals surface area contributed by atoms with Crippen LogP contribution in [0.25, 0.3) is 5.65 Å². The molecule has 0 aliphatic carbocycles. The highest BCUT2D eigenvalue weighted by atomic mass is 16.1. The lowest BCUT2D eigenvalue weighted by atomic mass is 10.0. The minimum Gasteiger partial charge on any atom is -0.354 e. The summed E-state index contributed by atoms with van der Waals surface area (Å²) in [7, 11) is 0. The summed E-state index contributed by atoms with van der Waals surface area (Å²) in [6, 6.07) is 2.30. The third-order valence-electron chi connectivity index (χ3n) is 4.52. The second kappa shape index (κ2) is 8.11. The molecule has 1 atom stereocenters.